The lowest BCUT2D eigenvalue weighted by Gasteiger charge is -2.34. The Bertz CT molecular complexity index is 801. The van der Waals surface area contributed by atoms with Crippen LogP contribution in [0.3, 0.4) is 0 Å². The van der Waals surface area contributed by atoms with Crippen LogP contribution >= 0.6 is 0 Å². The molecule has 0 bridgehead atoms. The molecule has 164 valence electrons. The molecule has 0 aromatic heterocycles. The van der Waals surface area contributed by atoms with Gasteiger partial charge in [-0.25, -0.2) is 8.42 Å². The van der Waals surface area contributed by atoms with Gasteiger partial charge in [-0.15, -0.1) is 0 Å². The topological polar surface area (TPSA) is 77.9 Å². The number of unbranched alkanes of at least 4 members (excludes halogenated alkanes) is 1. The second-order valence-electron chi connectivity index (χ2n) is 8.17. The number of aliphatic hydroxyl groups excluding tert-OH is 1. The monoisotopic (exact) mass is 424 g/mol. The van der Waals surface area contributed by atoms with Gasteiger partial charge in [0.2, 0.25) is 15.9 Å². The van der Waals surface area contributed by atoms with E-state index in [1.165, 1.54) is 4.31 Å². The average molecular weight is 425 g/mol. The van der Waals surface area contributed by atoms with Crippen LogP contribution in [0.2, 0.25) is 0 Å². The predicted octanol–water partition coefficient (Wildman–Crippen LogP) is 2.94. The van der Waals surface area contributed by atoms with Gasteiger partial charge in [0, 0.05) is 32.1 Å². The van der Waals surface area contributed by atoms with Gasteiger partial charge in [-0.05, 0) is 69.2 Å². The largest absolute Gasteiger partial charge is 0.395 e. The quantitative estimate of drug-likeness (QED) is 0.696. The first-order valence-corrected chi connectivity index (χ1v) is 12.1. The lowest BCUT2D eigenvalue weighted by atomic mass is 9.96. The minimum absolute atomic E-state index is 0.0447. The van der Waals surface area contributed by atoms with Crippen molar-refractivity contribution < 1.29 is 18.3 Å². The van der Waals surface area contributed by atoms with Crippen LogP contribution in [0.15, 0.2) is 11.0 Å². The van der Waals surface area contributed by atoms with E-state index in [4.69, 9.17) is 0 Å². The molecule has 0 atom stereocenters. The number of rotatable bonds is 8. The smallest absolute Gasteiger partial charge is 0.243 e. The third kappa shape index (κ3) is 5.19. The van der Waals surface area contributed by atoms with Gasteiger partial charge in [0.15, 0.2) is 0 Å². The fourth-order valence-corrected chi connectivity index (χ4v) is 6.15. The second kappa shape index (κ2) is 10.0. The van der Waals surface area contributed by atoms with E-state index < -0.39 is 10.0 Å². The number of piperidine rings is 1. The highest BCUT2D eigenvalue weighted by atomic mass is 32.2. The third-order valence-electron chi connectivity index (χ3n) is 6.16. The Balaban J connectivity index is 2.15. The Kier molecular flexibility index (Phi) is 8.26. The van der Waals surface area contributed by atoms with Crippen molar-refractivity contribution in [3.05, 3.63) is 28.3 Å². The summed E-state index contributed by atoms with van der Waals surface area (Å²) in [6.45, 7) is 11.3. The number of carbonyl (C=O) groups excluding carboxylic acids is 1. The molecule has 0 aliphatic carbocycles. The highest BCUT2D eigenvalue weighted by molar-refractivity contribution is 7.89. The Morgan fingerprint density at radius 1 is 1.10 bits per heavy atom. The van der Waals surface area contributed by atoms with Crippen molar-refractivity contribution in [3.8, 4) is 0 Å². The lowest BCUT2D eigenvalue weighted by Crippen LogP contribution is -2.45. The van der Waals surface area contributed by atoms with E-state index in [9.17, 15) is 18.3 Å². The molecule has 2 rings (SSSR count). The number of benzene rings is 1. The van der Waals surface area contributed by atoms with Gasteiger partial charge in [0.25, 0.3) is 0 Å². The number of hydrogen-bond acceptors (Lipinski definition) is 4. The zero-order valence-electron chi connectivity index (χ0n) is 18.5. The van der Waals surface area contributed by atoms with Gasteiger partial charge in [-0.2, -0.15) is 4.31 Å². The Hall–Kier alpha value is -1.44. The zero-order chi connectivity index (χ0) is 21.8. The van der Waals surface area contributed by atoms with Crippen molar-refractivity contribution in [2.24, 2.45) is 5.92 Å². The summed E-state index contributed by atoms with van der Waals surface area (Å²) >= 11 is 0. The minimum atomic E-state index is -3.59. The fourth-order valence-electron chi connectivity index (χ4n) is 4.10. The summed E-state index contributed by atoms with van der Waals surface area (Å²) in [5.41, 5.74) is 3.57. The average Bonchev–Trinajstić information content (AvgIpc) is 2.69. The first kappa shape index (κ1) is 23.8. The second-order valence-corrected chi connectivity index (χ2v) is 10.0. The van der Waals surface area contributed by atoms with E-state index in [1.807, 2.05) is 33.8 Å². The zero-order valence-corrected chi connectivity index (χ0v) is 19.3. The highest BCUT2D eigenvalue weighted by Crippen LogP contribution is 2.31. The van der Waals surface area contributed by atoms with E-state index >= 15 is 0 Å². The maximum Gasteiger partial charge on any atom is 0.243 e. The number of carbonyl (C=O) groups is 1. The molecule has 1 aliphatic heterocycles. The number of sulfonamides is 1. The van der Waals surface area contributed by atoms with Gasteiger partial charge < -0.3 is 10.0 Å². The van der Waals surface area contributed by atoms with Crippen LogP contribution in [0.25, 0.3) is 0 Å². The molecule has 1 fully saturated rings. The molecule has 1 aliphatic rings. The van der Waals surface area contributed by atoms with Crippen LogP contribution in [0.4, 0.5) is 0 Å². The first-order valence-electron chi connectivity index (χ1n) is 10.6. The molecule has 1 aromatic rings. The molecule has 1 saturated heterocycles. The number of amides is 1. The summed E-state index contributed by atoms with van der Waals surface area (Å²) in [7, 11) is -3.59. The number of hydrogen-bond donors (Lipinski definition) is 1. The lowest BCUT2D eigenvalue weighted by molar-refractivity contribution is -0.137. The van der Waals surface area contributed by atoms with E-state index in [1.54, 1.807) is 4.90 Å². The van der Waals surface area contributed by atoms with Gasteiger partial charge in [0.05, 0.1) is 11.5 Å². The van der Waals surface area contributed by atoms with Crippen molar-refractivity contribution in [2.45, 2.75) is 65.2 Å². The van der Waals surface area contributed by atoms with Crippen LogP contribution in [-0.2, 0) is 14.8 Å². The Labute approximate surface area is 176 Å². The van der Waals surface area contributed by atoms with E-state index in [0.717, 1.165) is 35.1 Å². The van der Waals surface area contributed by atoms with Crippen LogP contribution in [0.5, 0.6) is 0 Å². The van der Waals surface area contributed by atoms with Crippen molar-refractivity contribution in [3.63, 3.8) is 0 Å². The number of nitrogens with zero attached hydrogens (tertiary/aromatic N) is 2. The molecule has 0 spiro atoms. The molecule has 1 heterocycles. The van der Waals surface area contributed by atoms with Crippen molar-refractivity contribution in [1.82, 2.24) is 9.21 Å². The summed E-state index contributed by atoms with van der Waals surface area (Å²) in [6.07, 6.45) is 2.94. The van der Waals surface area contributed by atoms with Crippen LogP contribution in [0, 0.1) is 33.6 Å². The summed E-state index contributed by atoms with van der Waals surface area (Å²) in [5.74, 6) is -0.130. The highest BCUT2D eigenvalue weighted by Gasteiger charge is 2.35. The maximum absolute atomic E-state index is 13.4. The van der Waals surface area contributed by atoms with Gasteiger partial charge in [-0.3, -0.25) is 4.79 Å². The van der Waals surface area contributed by atoms with E-state index in [0.29, 0.717) is 43.9 Å². The SMILES string of the molecule is CCCCN(CCO)C(=O)C1CCN(S(=O)(=O)c2c(C)c(C)cc(C)c2C)CC1. The van der Waals surface area contributed by atoms with Crippen LogP contribution in [0.1, 0.15) is 54.9 Å². The molecule has 6 nitrogen and oxygen atoms in total. The molecule has 1 amide bonds. The van der Waals surface area contributed by atoms with Gasteiger partial charge in [0.1, 0.15) is 0 Å². The Morgan fingerprint density at radius 2 is 1.66 bits per heavy atom. The minimum Gasteiger partial charge on any atom is -0.395 e. The van der Waals surface area contributed by atoms with Crippen LogP contribution in [-0.4, -0.2) is 61.4 Å². The normalized spacial score (nSPS) is 16.2. The standard InChI is InChI=1S/C22H36N2O4S/c1-6-7-10-23(13-14-25)22(26)20-8-11-24(12-9-20)29(27,28)21-18(4)16(2)15-17(3)19(21)5/h15,20,25H,6-14H2,1-5H3. The predicted molar refractivity (Wildman–Crippen MR) is 115 cm³/mol. The summed E-state index contributed by atoms with van der Waals surface area (Å²) < 4.78 is 28.3. The molecule has 7 heteroatoms. The van der Waals surface area contributed by atoms with Crippen molar-refractivity contribution in [1.29, 1.82) is 0 Å². The molecule has 0 radical (unpaired) electrons. The molecule has 0 saturated carbocycles. The molecule has 1 aromatic carbocycles. The Morgan fingerprint density at radius 3 is 2.14 bits per heavy atom. The summed E-state index contributed by atoms with van der Waals surface area (Å²) in [6, 6.07) is 2.03. The van der Waals surface area contributed by atoms with Gasteiger partial charge in [-0.1, -0.05) is 19.4 Å². The molecule has 29 heavy (non-hydrogen) atoms. The first-order chi connectivity index (χ1) is 13.6. The molecule has 1 N–H and O–H groups in total. The summed E-state index contributed by atoms with van der Waals surface area (Å²) in [5, 5.41) is 9.27. The number of aliphatic hydroxyl groups is 1. The van der Waals surface area contributed by atoms with Crippen molar-refractivity contribution in [2.75, 3.05) is 32.8 Å². The van der Waals surface area contributed by atoms with Crippen LogP contribution < -0.4 is 0 Å². The molecular weight excluding hydrogens is 388 g/mol. The number of aryl methyl sites for hydroxylation is 2. The fraction of sp³-hybridized carbons (Fsp3) is 0.682. The van der Waals surface area contributed by atoms with Crippen molar-refractivity contribution >= 4 is 15.9 Å². The maximum atomic E-state index is 13.4. The molecule has 0 unspecified atom stereocenters. The van der Waals surface area contributed by atoms with E-state index in [2.05, 4.69) is 6.92 Å². The third-order valence-corrected chi connectivity index (χ3v) is 8.33. The summed E-state index contributed by atoms with van der Waals surface area (Å²) in [4.78, 5) is 15.0. The molecular formula is C22H36N2O4S. The van der Waals surface area contributed by atoms with E-state index in [-0.39, 0.29) is 18.4 Å². The van der Waals surface area contributed by atoms with Gasteiger partial charge >= 0.3 is 0 Å².